The molecule has 0 spiro atoms. The summed E-state index contributed by atoms with van der Waals surface area (Å²) < 4.78 is 0. The summed E-state index contributed by atoms with van der Waals surface area (Å²) in [5.41, 5.74) is 3.91. The summed E-state index contributed by atoms with van der Waals surface area (Å²) in [6.45, 7) is 8.76. The summed E-state index contributed by atoms with van der Waals surface area (Å²) in [4.78, 5) is 26.4. The third kappa shape index (κ3) is 6.70. The Morgan fingerprint density at radius 2 is 1.83 bits per heavy atom. The number of carbonyl (C=O) groups excluding carboxylic acids is 2. The summed E-state index contributed by atoms with van der Waals surface area (Å²) in [5.74, 6) is 0.432. The molecule has 1 heterocycles. The Kier molecular flexibility index (Phi) is 7.63. The number of benzene rings is 2. The Morgan fingerprint density at radius 3 is 2.53 bits per heavy atom. The molecule has 0 aliphatic carbocycles. The van der Waals surface area contributed by atoms with Crippen molar-refractivity contribution in [3.8, 4) is 0 Å². The second-order valence-electron chi connectivity index (χ2n) is 8.72. The molecule has 2 aromatic rings. The van der Waals surface area contributed by atoms with Crippen LogP contribution in [0.3, 0.4) is 0 Å². The first-order chi connectivity index (χ1) is 14.4. The van der Waals surface area contributed by atoms with E-state index in [4.69, 9.17) is 0 Å². The van der Waals surface area contributed by atoms with E-state index in [1.807, 2.05) is 0 Å². The van der Waals surface area contributed by atoms with Crippen molar-refractivity contribution in [3.05, 3.63) is 65.2 Å². The third-order valence-corrected chi connectivity index (χ3v) is 5.36. The summed E-state index contributed by atoms with van der Waals surface area (Å²) in [6.07, 6.45) is 3.17. The molecule has 30 heavy (non-hydrogen) atoms. The lowest BCUT2D eigenvalue weighted by atomic mass is 10.0. The molecule has 5 heteroatoms. The maximum atomic E-state index is 12.7. The number of likely N-dealkylation sites (tertiary alicyclic amines) is 1. The number of carbonyl (C=O) groups is 2. The van der Waals surface area contributed by atoms with Crippen LogP contribution in [0.1, 0.15) is 55.1 Å². The maximum absolute atomic E-state index is 12.7. The largest absolute Gasteiger partial charge is 0.348 e. The van der Waals surface area contributed by atoms with E-state index in [2.05, 4.69) is 53.6 Å². The number of rotatable bonds is 7. The second-order valence-corrected chi connectivity index (χ2v) is 8.72. The minimum atomic E-state index is -0.146. The van der Waals surface area contributed by atoms with Crippen molar-refractivity contribution in [1.29, 1.82) is 0 Å². The first-order valence-electron chi connectivity index (χ1n) is 10.9. The van der Waals surface area contributed by atoms with E-state index in [0.29, 0.717) is 17.2 Å². The van der Waals surface area contributed by atoms with Gasteiger partial charge in [-0.3, -0.25) is 14.5 Å². The number of anilines is 1. The minimum Gasteiger partial charge on any atom is -0.348 e. The molecule has 1 aliphatic rings. The molecule has 1 aliphatic heterocycles. The fourth-order valence-electron chi connectivity index (χ4n) is 4.04. The normalized spacial score (nSPS) is 17.0. The number of nitrogens with zero attached hydrogens (tertiary/aromatic N) is 1. The quantitative estimate of drug-likeness (QED) is 0.722. The Morgan fingerprint density at radius 1 is 1.10 bits per heavy atom. The summed E-state index contributed by atoms with van der Waals surface area (Å²) in [5, 5.41) is 5.89. The van der Waals surface area contributed by atoms with Gasteiger partial charge in [0, 0.05) is 37.3 Å². The van der Waals surface area contributed by atoms with Crippen LogP contribution in [0.2, 0.25) is 0 Å². The van der Waals surface area contributed by atoms with E-state index in [9.17, 15) is 9.59 Å². The van der Waals surface area contributed by atoms with Crippen LogP contribution >= 0.6 is 0 Å². The van der Waals surface area contributed by atoms with Crippen molar-refractivity contribution in [2.75, 3.05) is 18.4 Å². The van der Waals surface area contributed by atoms with Gasteiger partial charge in [-0.1, -0.05) is 44.2 Å². The predicted octanol–water partition coefficient (Wildman–Crippen LogP) is 4.24. The van der Waals surface area contributed by atoms with Crippen LogP contribution in [0.4, 0.5) is 5.69 Å². The lowest BCUT2D eigenvalue weighted by Gasteiger charge is -2.33. The molecule has 5 nitrogen and oxygen atoms in total. The lowest BCUT2D eigenvalue weighted by Crippen LogP contribution is -2.47. The Balaban J connectivity index is 1.54. The van der Waals surface area contributed by atoms with Gasteiger partial charge in [0.2, 0.25) is 5.91 Å². The highest BCUT2D eigenvalue weighted by atomic mass is 16.2. The van der Waals surface area contributed by atoms with Gasteiger partial charge >= 0.3 is 0 Å². The topological polar surface area (TPSA) is 61.4 Å². The van der Waals surface area contributed by atoms with Gasteiger partial charge in [-0.05, 0) is 61.1 Å². The van der Waals surface area contributed by atoms with Gasteiger partial charge in [-0.25, -0.2) is 0 Å². The van der Waals surface area contributed by atoms with Gasteiger partial charge in [0.1, 0.15) is 0 Å². The van der Waals surface area contributed by atoms with E-state index < -0.39 is 0 Å². The van der Waals surface area contributed by atoms with Crippen molar-refractivity contribution in [2.45, 2.75) is 52.6 Å². The molecule has 1 unspecified atom stereocenters. The van der Waals surface area contributed by atoms with E-state index in [1.165, 1.54) is 18.1 Å². The standard InChI is InChI=1S/C25H33N3O2/c1-18(2)14-20-9-11-21(12-10-20)16-28-13-5-8-24(17-28)27-25(30)22-6-4-7-23(15-22)26-19(3)29/h4,6-7,9-12,15,18,24H,5,8,13-14,16-17H2,1-3H3,(H,26,29)(H,27,30). The van der Waals surface area contributed by atoms with Gasteiger partial charge in [0.25, 0.3) is 5.91 Å². The Bertz CT molecular complexity index is 861. The molecule has 0 radical (unpaired) electrons. The molecule has 1 atom stereocenters. The van der Waals surface area contributed by atoms with Crippen LogP contribution < -0.4 is 10.6 Å². The first-order valence-corrected chi connectivity index (χ1v) is 10.9. The van der Waals surface area contributed by atoms with Crippen LogP contribution in [0.25, 0.3) is 0 Å². The second kappa shape index (κ2) is 10.4. The molecule has 160 valence electrons. The number of piperidine rings is 1. The van der Waals surface area contributed by atoms with Gasteiger partial charge in [-0.15, -0.1) is 0 Å². The monoisotopic (exact) mass is 407 g/mol. The van der Waals surface area contributed by atoms with Crippen LogP contribution in [0.15, 0.2) is 48.5 Å². The number of nitrogens with one attached hydrogen (secondary N) is 2. The summed E-state index contributed by atoms with van der Waals surface area (Å²) in [7, 11) is 0. The van der Waals surface area contributed by atoms with Crippen molar-refractivity contribution in [3.63, 3.8) is 0 Å². The molecular formula is C25H33N3O2. The number of hydrogen-bond donors (Lipinski definition) is 2. The van der Waals surface area contributed by atoms with Crippen molar-refractivity contribution >= 4 is 17.5 Å². The highest BCUT2D eigenvalue weighted by molar-refractivity contribution is 5.96. The van der Waals surface area contributed by atoms with Crippen LogP contribution in [0.5, 0.6) is 0 Å². The highest BCUT2D eigenvalue weighted by Crippen LogP contribution is 2.17. The molecule has 1 saturated heterocycles. The van der Waals surface area contributed by atoms with E-state index in [0.717, 1.165) is 38.9 Å². The average molecular weight is 408 g/mol. The van der Waals surface area contributed by atoms with Gasteiger partial charge in [-0.2, -0.15) is 0 Å². The van der Waals surface area contributed by atoms with Crippen LogP contribution in [-0.4, -0.2) is 35.8 Å². The van der Waals surface area contributed by atoms with Gasteiger partial charge in [0.15, 0.2) is 0 Å². The molecule has 2 aromatic carbocycles. The van der Waals surface area contributed by atoms with Crippen LogP contribution in [-0.2, 0) is 17.8 Å². The summed E-state index contributed by atoms with van der Waals surface area (Å²) in [6, 6.07) is 16.1. The van der Waals surface area contributed by atoms with Crippen LogP contribution in [0, 0.1) is 5.92 Å². The maximum Gasteiger partial charge on any atom is 0.251 e. The van der Waals surface area contributed by atoms with E-state index >= 15 is 0 Å². The lowest BCUT2D eigenvalue weighted by molar-refractivity contribution is -0.114. The molecular weight excluding hydrogens is 374 g/mol. The molecule has 3 rings (SSSR count). The molecule has 0 saturated carbocycles. The molecule has 2 amide bonds. The first kappa shape index (κ1) is 22.0. The number of hydrogen-bond acceptors (Lipinski definition) is 3. The average Bonchev–Trinajstić information content (AvgIpc) is 2.69. The minimum absolute atomic E-state index is 0.0907. The molecule has 2 N–H and O–H groups in total. The van der Waals surface area contributed by atoms with Crippen molar-refractivity contribution < 1.29 is 9.59 Å². The Hall–Kier alpha value is -2.66. The third-order valence-electron chi connectivity index (χ3n) is 5.36. The fourth-order valence-corrected chi connectivity index (χ4v) is 4.04. The molecule has 0 bridgehead atoms. The predicted molar refractivity (Wildman–Crippen MR) is 121 cm³/mol. The smallest absolute Gasteiger partial charge is 0.251 e. The highest BCUT2D eigenvalue weighted by Gasteiger charge is 2.22. The van der Waals surface area contributed by atoms with Crippen molar-refractivity contribution in [1.82, 2.24) is 10.2 Å². The summed E-state index contributed by atoms with van der Waals surface area (Å²) >= 11 is 0. The Labute approximate surface area is 179 Å². The van der Waals surface area contributed by atoms with Gasteiger partial charge in [0.05, 0.1) is 0 Å². The van der Waals surface area contributed by atoms with E-state index in [-0.39, 0.29) is 17.9 Å². The zero-order chi connectivity index (χ0) is 21.5. The van der Waals surface area contributed by atoms with Crippen molar-refractivity contribution in [2.24, 2.45) is 5.92 Å². The van der Waals surface area contributed by atoms with E-state index in [1.54, 1.807) is 24.3 Å². The molecule has 1 fully saturated rings. The van der Waals surface area contributed by atoms with Gasteiger partial charge < -0.3 is 10.6 Å². The zero-order valence-electron chi connectivity index (χ0n) is 18.3. The fraction of sp³-hybridized carbons (Fsp3) is 0.440. The zero-order valence-corrected chi connectivity index (χ0v) is 18.3. The SMILES string of the molecule is CC(=O)Nc1cccc(C(=O)NC2CCCN(Cc3ccc(CC(C)C)cc3)C2)c1. The number of amides is 2. The molecule has 0 aromatic heterocycles.